The minimum absolute atomic E-state index is 0.190. The highest BCUT2D eigenvalue weighted by Crippen LogP contribution is 2.26. The summed E-state index contributed by atoms with van der Waals surface area (Å²) in [5, 5.41) is 0.967. The van der Waals surface area contributed by atoms with Gasteiger partial charge in [-0.1, -0.05) is 0 Å². The Morgan fingerprint density at radius 3 is 2.85 bits per heavy atom. The summed E-state index contributed by atoms with van der Waals surface area (Å²) in [7, 11) is 1.64. The van der Waals surface area contributed by atoms with E-state index >= 15 is 0 Å². The molecule has 0 bridgehead atoms. The Labute approximate surface area is 118 Å². The number of rotatable bonds is 3. The Hall–Kier alpha value is -1.97. The molecule has 1 saturated heterocycles. The highest BCUT2D eigenvalue weighted by atomic mass is 16.5. The van der Waals surface area contributed by atoms with Crippen LogP contribution in [0.1, 0.15) is 24.8 Å². The van der Waals surface area contributed by atoms with Crippen molar-refractivity contribution in [2.45, 2.75) is 25.7 Å². The largest absolute Gasteiger partial charge is 0.497 e. The number of hydrogen-bond donors (Lipinski definition) is 0. The molecule has 0 unspecified atom stereocenters. The zero-order chi connectivity index (χ0) is 13.9. The van der Waals surface area contributed by atoms with Crippen LogP contribution in [0.4, 0.5) is 0 Å². The number of furan rings is 1. The smallest absolute Gasteiger partial charge is 0.227 e. The standard InChI is InChI=1S/C16H19NO3/c1-19-13-5-6-15-14(10-13)12(11-20-15)9-16(18)17-7-3-2-4-8-17/h5-6,10-11H,2-4,7-9H2,1H3. The molecule has 3 rings (SSSR count). The number of amides is 1. The number of methoxy groups -OCH3 is 1. The van der Waals surface area contributed by atoms with Crippen molar-refractivity contribution in [2.75, 3.05) is 20.2 Å². The molecule has 1 aromatic carbocycles. The van der Waals surface area contributed by atoms with E-state index in [1.807, 2.05) is 23.1 Å². The molecule has 0 saturated carbocycles. The van der Waals surface area contributed by atoms with Crippen molar-refractivity contribution < 1.29 is 13.9 Å². The zero-order valence-electron chi connectivity index (χ0n) is 11.7. The number of carbonyl (C=O) groups excluding carboxylic acids is 1. The number of nitrogens with zero attached hydrogens (tertiary/aromatic N) is 1. The van der Waals surface area contributed by atoms with Gasteiger partial charge in [0.05, 0.1) is 19.8 Å². The van der Waals surface area contributed by atoms with Gasteiger partial charge in [0.2, 0.25) is 5.91 Å². The van der Waals surface area contributed by atoms with Crippen molar-refractivity contribution in [2.24, 2.45) is 0 Å². The lowest BCUT2D eigenvalue weighted by Gasteiger charge is -2.26. The van der Waals surface area contributed by atoms with Gasteiger partial charge in [-0.3, -0.25) is 4.79 Å². The number of likely N-dealkylation sites (tertiary alicyclic amines) is 1. The van der Waals surface area contributed by atoms with E-state index in [2.05, 4.69) is 0 Å². The van der Waals surface area contributed by atoms with Crippen LogP contribution in [0, 0.1) is 0 Å². The van der Waals surface area contributed by atoms with E-state index in [1.165, 1.54) is 6.42 Å². The highest BCUT2D eigenvalue weighted by molar-refractivity contribution is 5.88. The number of piperidine rings is 1. The Morgan fingerprint density at radius 1 is 1.30 bits per heavy atom. The van der Waals surface area contributed by atoms with Gasteiger partial charge < -0.3 is 14.1 Å². The predicted octanol–water partition coefficient (Wildman–Crippen LogP) is 3.00. The summed E-state index contributed by atoms with van der Waals surface area (Å²) < 4.78 is 10.7. The molecule has 1 amide bonds. The van der Waals surface area contributed by atoms with Gasteiger partial charge in [-0.25, -0.2) is 0 Å². The lowest BCUT2D eigenvalue weighted by atomic mass is 10.1. The first kappa shape index (κ1) is 13.0. The second-order valence-electron chi connectivity index (χ2n) is 5.24. The molecule has 4 heteroatoms. The first-order valence-corrected chi connectivity index (χ1v) is 7.10. The van der Waals surface area contributed by atoms with E-state index in [-0.39, 0.29) is 5.91 Å². The fourth-order valence-corrected chi connectivity index (χ4v) is 2.74. The normalized spacial score (nSPS) is 15.6. The van der Waals surface area contributed by atoms with Crippen LogP contribution in [0.15, 0.2) is 28.9 Å². The average Bonchev–Trinajstić information content (AvgIpc) is 2.90. The van der Waals surface area contributed by atoms with E-state index < -0.39 is 0 Å². The second kappa shape index (κ2) is 5.57. The predicted molar refractivity (Wildman–Crippen MR) is 76.9 cm³/mol. The lowest BCUT2D eigenvalue weighted by molar-refractivity contribution is -0.131. The van der Waals surface area contributed by atoms with Crippen molar-refractivity contribution >= 4 is 16.9 Å². The summed E-state index contributed by atoms with van der Waals surface area (Å²) in [5.74, 6) is 0.973. The first-order chi connectivity index (χ1) is 9.78. The second-order valence-corrected chi connectivity index (χ2v) is 5.24. The van der Waals surface area contributed by atoms with Gasteiger partial charge in [-0.15, -0.1) is 0 Å². The highest BCUT2D eigenvalue weighted by Gasteiger charge is 2.18. The van der Waals surface area contributed by atoms with Crippen LogP contribution in [0.2, 0.25) is 0 Å². The molecule has 1 aliphatic heterocycles. The maximum atomic E-state index is 12.3. The number of ether oxygens (including phenoxy) is 1. The van der Waals surface area contributed by atoms with Gasteiger partial charge >= 0.3 is 0 Å². The van der Waals surface area contributed by atoms with Crippen molar-refractivity contribution in [1.82, 2.24) is 4.90 Å². The van der Waals surface area contributed by atoms with Gasteiger partial charge in [0.15, 0.2) is 0 Å². The van der Waals surface area contributed by atoms with Crippen molar-refractivity contribution in [3.63, 3.8) is 0 Å². The van der Waals surface area contributed by atoms with Gasteiger partial charge in [0.25, 0.3) is 0 Å². The molecule has 1 fully saturated rings. The minimum Gasteiger partial charge on any atom is -0.497 e. The molecule has 0 aliphatic carbocycles. The molecule has 2 heterocycles. The summed E-state index contributed by atoms with van der Waals surface area (Å²) in [6.45, 7) is 1.77. The number of hydrogen-bond acceptors (Lipinski definition) is 3. The van der Waals surface area contributed by atoms with Gasteiger partial charge in [0, 0.05) is 24.0 Å². The summed E-state index contributed by atoms with van der Waals surface area (Å²) in [6, 6.07) is 5.67. The molecular weight excluding hydrogens is 254 g/mol. The van der Waals surface area contributed by atoms with Crippen LogP contribution in [-0.2, 0) is 11.2 Å². The van der Waals surface area contributed by atoms with Gasteiger partial charge in [0.1, 0.15) is 11.3 Å². The molecule has 1 aromatic heterocycles. The molecule has 4 nitrogen and oxygen atoms in total. The van der Waals surface area contributed by atoms with Crippen LogP contribution in [0.3, 0.4) is 0 Å². The third-order valence-electron chi connectivity index (χ3n) is 3.91. The molecular formula is C16H19NO3. The summed E-state index contributed by atoms with van der Waals surface area (Å²) in [6.07, 6.45) is 5.55. The van der Waals surface area contributed by atoms with E-state index in [1.54, 1.807) is 13.4 Å². The third-order valence-corrected chi connectivity index (χ3v) is 3.91. The Morgan fingerprint density at radius 2 is 2.10 bits per heavy atom. The van der Waals surface area contributed by atoms with E-state index in [0.717, 1.165) is 48.2 Å². The number of fused-ring (bicyclic) bond motifs is 1. The summed E-state index contributed by atoms with van der Waals surface area (Å²) in [4.78, 5) is 14.3. The van der Waals surface area contributed by atoms with Crippen molar-refractivity contribution in [3.8, 4) is 5.75 Å². The minimum atomic E-state index is 0.190. The average molecular weight is 273 g/mol. The molecule has 0 atom stereocenters. The van der Waals surface area contributed by atoms with E-state index in [0.29, 0.717) is 6.42 Å². The van der Waals surface area contributed by atoms with E-state index in [4.69, 9.17) is 9.15 Å². The SMILES string of the molecule is COc1ccc2occ(CC(=O)N3CCCCC3)c2c1. The lowest BCUT2D eigenvalue weighted by Crippen LogP contribution is -2.36. The topological polar surface area (TPSA) is 42.7 Å². The quantitative estimate of drug-likeness (QED) is 0.863. The fraction of sp³-hybridized carbons (Fsp3) is 0.438. The fourth-order valence-electron chi connectivity index (χ4n) is 2.74. The molecule has 1 aliphatic rings. The Bertz CT molecular complexity index is 611. The molecule has 0 radical (unpaired) electrons. The molecule has 20 heavy (non-hydrogen) atoms. The summed E-state index contributed by atoms with van der Waals surface area (Å²) >= 11 is 0. The van der Waals surface area contributed by atoms with Crippen LogP contribution in [0.25, 0.3) is 11.0 Å². The molecule has 0 spiro atoms. The molecule has 106 valence electrons. The maximum absolute atomic E-state index is 12.3. The Balaban J connectivity index is 1.81. The van der Waals surface area contributed by atoms with Crippen molar-refractivity contribution in [1.29, 1.82) is 0 Å². The van der Waals surface area contributed by atoms with Crippen LogP contribution < -0.4 is 4.74 Å². The monoisotopic (exact) mass is 273 g/mol. The first-order valence-electron chi connectivity index (χ1n) is 7.10. The molecule has 2 aromatic rings. The van der Waals surface area contributed by atoms with Gasteiger partial charge in [-0.05, 0) is 37.5 Å². The van der Waals surface area contributed by atoms with Gasteiger partial charge in [-0.2, -0.15) is 0 Å². The van der Waals surface area contributed by atoms with Crippen LogP contribution in [0.5, 0.6) is 5.75 Å². The summed E-state index contributed by atoms with van der Waals surface area (Å²) in [5.41, 5.74) is 1.74. The maximum Gasteiger partial charge on any atom is 0.227 e. The number of benzene rings is 1. The van der Waals surface area contributed by atoms with Crippen molar-refractivity contribution in [3.05, 3.63) is 30.0 Å². The van der Waals surface area contributed by atoms with E-state index in [9.17, 15) is 4.79 Å². The number of carbonyl (C=O) groups is 1. The van der Waals surface area contributed by atoms with Crippen LogP contribution >= 0.6 is 0 Å². The zero-order valence-corrected chi connectivity index (χ0v) is 11.7. The molecule has 0 N–H and O–H groups in total. The Kier molecular flexibility index (Phi) is 3.63. The van der Waals surface area contributed by atoms with Crippen LogP contribution in [-0.4, -0.2) is 31.0 Å². The third kappa shape index (κ3) is 2.50.